The Kier molecular flexibility index (Phi) is 4.74. The van der Waals surface area contributed by atoms with E-state index in [4.69, 9.17) is 4.74 Å². The van der Waals surface area contributed by atoms with E-state index >= 15 is 0 Å². The second-order valence-electron chi connectivity index (χ2n) is 7.82. The molecule has 0 atom stereocenters. The maximum atomic E-state index is 13.8. The molecule has 30 heavy (non-hydrogen) atoms. The summed E-state index contributed by atoms with van der Waals surface area (Å²) in [6.45, 7) is 3.32. The first-order chi connectivity index (χ1) is 14.2. The third-order valence-corrected chi connectivity index (χ3v) is 5.43. The number of nitrogens with zero attached hydrogens (tertiary/aromatic N) is 3. The number of halogens is 1. The van der Waals surface area contributed by atoms with Crippen LogP contribution in [0.25, 0.3) is 6.08 Å². The lowest BCUT2D eigenvalue weighted by Crippen LogP contribution is -2.62. The number of hydrogen-bond acceptors (Lipinski definition) is 5. The number of anilines is 2. The molecule has 1 N–H and O–H groups in total. The predicted octanol–water partition coefficient (Wildman–Crippen LogP) is 3.17. The molecule has 0 bridgehead atoms. The minimum Gasteiger partial charge on any atom is -0.483 e. The molecule has 2 amide bonds. The first-order valence-electron chi connectivity index (χ1n) is 9.49. The summed E-state index contributed by atoms with van der Waals surface area (Å²) in [5.74, 6) is -0.729. The number of benzene rings is 2. The van der Waals surface area contributed by atoms with Crippen LogP contribution in [0.3, 0.4) is 0 Å². The zero-order valence-electron chi connectivity index (χ0n) is 16.9. The van der Waals surface area contributed by atoms with Crippen LogP contribution >= 0.6 is 0 Å². The summed E-state index contributed by atoms with van der Waals surface area (Å²) in [5, 5.41) is 10.7. The molecule has 2 aliphatic heterocycles. The molecule has 0 aliphatic carbocycles. The monoisotopic (exact) mass is 411 g/mol. The van der Waals surface area contributed by atoms with E-state index in [1.54, 1.807) is 39.1 Å². The number of ether oxygens (including phenoxy) is 1. The van der Waals surface area contributed by atoms with Gasteiger partial charge in [0.2, 0.25) is 0 Å². The first-order valence-corrected chi connectivity index (χ1v) is 9.49. The maximum absolute atomic E-state index is 13.8. The summed E-state index contributed by atoms with van der Waals surface area (Å²) < 4.78 is 19.6. The Labute approximate surface area is 173 Å². The average molecular weight is 411 g/mol. The van der Waals surface area contributed by atoms with Crippen LogP contribution in [0.1, 0.15) is 25.0 Å². The van der Waals surface area contributed by atoms with Crippen LogP contribution in [0.4, 0.5) is 15.8 Å². The largest absolute Gasteiger partial charge is 0.483 e. The lowest BCUT2D eigenvalue weighted by atomic mass is 9.95. The van der Waals surface area contributed by atoms with Crippen molar-refractivity contribution in [1.29, 1.82) is 0 Å². The van der Waals surface area contributed by atoms with E-state index < -0.39 is 17.3 Å². The fourth-order valence-corrected chi connectivity index (χ4v) is 3.95. The highest BCUT2D eigenvalue weighted by molar-refractivity contribution is 6.15. The third-order valence-electron chi connectivity index (χ3n) is 5.43. The predicted molar refractivity (Wildman–Crippen MR) is 110 cm³/mol. The smallest absolute Gasteiger partial charge is 0.265 e. The lowest BCUT2D eigenvalue weighted by Gasteiger charge is -2.45. The van der Waals surface area contributed by atoms with Crippen molar-refractivity contribution in [2.24, 2.45) is 0 Å². The van der Waals surface area contributed by atoms with E-state index in [9.17, 15) is 19.2 Å². The molecule has 0 saturated heterocycles. The van der Waals surface area contributed by atoms with Gasteiger partial charge in [-0.25, -0.2) is 4.39 Å². The first kappa shape index (κ1) is 19.9. The number of carbonyl (C=O) groups excluding carboxylic acids is 2. The summed E-state index contributed by atoms with van der Waals surface area (Å²) >= 11 is 0. The molecule has 7 nitrogen and oxygen atoms in total. The molecule has 156 valence electrons. The molecule has 0 fully saturated rings. The van der Waals surface area contributed by atoms with Crippen molar-refractivity contribution in [3.05, 3.63) is 59.5 Å². The summed E-state index contributed by atoms with van der Waals surface area (Å²) in [5.41, 5.74) is 1.26. The van der Waals surface area contributed by atoms with Crippen LogP contribution in [0.2, 0.25) is 0 Å². The van der Waals surface area contributed by atoms with Crippen molar-refractivity contribution >= 4 is 29.3 Å². The van der Waals surface area contributed by atoms with E-state index in [1.165, 1.54) is 34.2 Å². The van der Waals surface area contributed by atoms with Crippen molar-refractivity contribution < 1.29 is 23.9 Å². The molecular weight excluding hydrogens is 389 g/mol. The molecule has 0 spiro atoms. The molecule has 0 aromatic heterocycles. The van der Waals surface area contributed by atoms with Gasteiger partial charge in [0.05, 0.1) is 17.9 Å². The Balaban J connectivity index is 1.63. The highest BCUT2D eigenvalue weighted by Gasteiger charge is 2.46. The van der Waals surface area contributed by atoms with Crippen LogP contribution in [0, 0.1) is 5.82 Å². The highest BCUT2D eigenvalue weighted by Crippen LogP contribution is 2.40. The van der Waals surface area contributed by atoms with Crippen molar-refractivity contribution in [2.75, 3.05) is 23.5 Å². The number of amides is 2. The summed E-state index contributed by atoms with van der Waals surface area (Å²) in [7, 11) is 1.56. The lowest BCUT2D eigenvalue weighted by molar-refractivity contribution is -0.128. The average Bonchev–Trinajstić information content (AvgIpc) is 2.71. The number of carbonyl (C=O) groups is 2. The Bertz CT molecular complexity index is 1070. The van der Waals surface area contributed by atoms with Gasteiger partial charge in [-0.15, -0.1) is 0 Å². The number of rotatable bonds is 3. The number of hydroxylamine groups is 2. The van der Waals surface area contributed by atoms with Crippen LogP contribution < -0.4 is 14.5 Å². The molecule has 4 rings (SSSR count). The maximum Gasteiger partial charge on any atom is 0.265 e. The van der Waals surface area contributed by atoms with Crippen molar-refractivity contribution in [1.82, 2.24) is 5.06 Å². The Morgan fingerprint density at radius 1 is 1.23 bits per heavy atom. The molecular formula is C22H22FN3O4. The van der Waals surface area contributed by atoms with Gasteiger partial charge in [0, 0.05) is 18.8 Å². The fraction of sp³-hybridized carbons (Fsp3) is 0.273. The van der Waals surface area contributed by atoms with Gasteiger partial charge in [-0.3, -0.25) is 24.8 Å². The topological polar surface area (TPSA) is 73.3 Å². The molecule has 2 aliphatic rings. The highest BCUT2D eigenvalue weighted by atomic mass is 19.1. The van der Waals surface area contributed by atoms with Gasteiger partial charge in [0.25, 0.3) is 11.8 Å². The Hall–Kier alpha value is -3.39. The van der Waals surface area contributed by atoms with Crippen LogP contribution in [0.5, 0.6) is 5.75 Å². The zero-order valence-corrected chi connectivity index (χ0v) is 16.9. The van der Waals surface area contributed by atoms with E-state index in [0.29, 0.717) is 23.7 Å². The molecule has 2 aromatic carbocycles. The van der Waals surface area contributed by atoms with Crippen molar-refractivity contribution in [3.63, 3.8) is 0 Å². The van der Waals surface area contributed by atoms with Crippen LogP contribution in [0.15, 0.2) is 42.6 Å². The fourth-order valence-electron chi connectivity index (χ4n) is 3.95. The SMILES string of the molecule is CN1C(=O)C(C)(C)N(C(=O)COc2cccc3c2C=CN(O)C3)c2ccc(F)cc21. The van der Waals surface area contributed by atoms with Crippen LogP contribution in [-0.2, 0) is 16.1 Å². The van der Waals surface area contributed by atoms with Gasteiger partial charge in [-0.2, -0.15) is 0 Å². The second-order valence-corrected chi connectivity index (χ2v) is 7.82. The van der Waals surface area contributed by atoms with Crippen molar-refractivity contribution in [2.45, 2.75) is 25.9 Å². The van der Waals surface area contributed by atoms with Crippen molar-refractivity contribution in [3.8, 4) is 5.75 Å². The standard InChI is InChI=1S/C22H22FN3O4/c1-22(2)21(28)24(3)18-11-15(23)7-8-17(18)26(22)20(27)13-30-19-6-4-5-14-12-25(29)10-9-16(14)19/h4-11,29H,12-13H2,1-3H3. The molecule has 0 radical (unpaired) electrons. The summed E-state index contributed by atoms with van der Waals surface area (Å²) in [6.07, 6.45) is 3.23. The molecule has 2 heterocycles. The van der Waals surface area contributed by atoms with Gasteiger partial charge < -0.3 is 9.64 Å². The number of hydrogen-bond donors (Lipinski definition) is 1. The zero-order chi connectivity index (χ0) is 21.6. The minimum absolute atomic E-state index is 0.301. The normalized spacial score (nSPS) is 17.0. The number of fused-ring (bicyclic) bond motifs is 2. The molecule has 2 aromatic rings. The van der Waals surface area contributed by atoms with Gasteiger partial charge in [-0.1, -0.05) is 12.1 Å². The van der Waals surface area contributed by atoms with Gasteiger partial charge in [-0.05, 0) is 49.8 Å². The second kappa shape index (κ2) is 7.14. The van der Waals surface area contributed by atoms with Gasteiger partial charge in [0.1, 0.15) is 17.1 Å². The van der Waals surface area contributed by atoms with Crippen LogP contribution in [-0.4, -0.2) is 41.3 Å². The third kappa shape index (κ3) is 3.19. The van der Waals surface area contributed by atoms with E-state index in [0.717, 1.165) is 16.2 Å². The molecule has 0 unspecified atom stereocenters. The molecule has 0 saturated carbocycles. The Morgan fingerprint density at radius 3 is 2.77 bits per heavy atom. The number of likely N-dealkylation sites (N-methyl/N-ethyl adjacent to an activating group) is 1. The minimum atomic E-state index is -1.16. The van der Waals surface area contributed by atoms with Gasteiger partial charge in [0.15, 0.2) is 6.61 Å². The quantitative estimate of drug-likeness (QED) is 0.840. The van der Waals surface area contributed by atoms with Gasteiger partial charge >= 0.3 is 0 Å². The molecule has 8 heteroatoms. The Morgan fingerprint density at radius 2 is 2.00 bits per heavy atom. The summed E-state index contributed by atoms with van der Waals surface area (Å²) in [4.78, 5) is 28.8. The van der Waals surface area contributed by atoms with E-state index in [1.807, 2.05) is 6.07 Å². The summed E-state index contributed by atoms with van der Waals surface area (Å²) in [6, 6.07) is 9.39. The van der Waals surface area contributed by atoms with E-state index in [-0.39, 0.29) is 12.5 Å². The van der Waals surface area contributed by atoms with E-state index in [2.05, 4.69) is 0 Å².